The molecule has 0 spiro atoms. The molecule has 5 aromatic carbocycles. The van der Waals surface area contributed by atoms with Crippen LogP contribution in [0.1, 0.15) is 37.4 Å². The van der Waals surface area contributed by atoms with Gasteiger partial charge in [-0.2, -0.15) is 5.10 Å². The molecule has 0 aliphatic carbocycles. The molecule has 0 fully saturated rings. The second-order valence-corrected chi connectivity index (χ2v) is 9.53. The quantitative estimate of drug-likeness (QED) is 0.0950. The minimum Gasteiger partial charge on any atom is -0.489 e. The number of hydrogen-bond acceptors (Lipinski definition) is 5. The van der Waals surface area contributed by atoms with Gasteiger partial charge in [0.15, 0.2) is 0 Å². The number of amides is 1. The smallest absolute Gasteiger partial charge is 0.343 e. The number of halogens is 1. The number of ether oxygens (including phenoxy) is 2. The van der Waals surface area contributed by atoms with Gasteiger partial charge in [0.2, 0.25) is 0 Å². The van der Waals surface area contributed by atoms with E-state index in [1.807, 2.05) is 73.7 Å². The molecule has 6 nitrogen and oxygen atoms in total. The molecular weight excluding hydrogens is 524 g/mol. The summed E-state index contributed by atoms with van der Waals surface area (Å²) in [7, 11) is 0. The van der Waals surface area contributed by atoms with Gasteiger partial charge in [-0.25, -0.2) is 10.2 Å². The lowest BCUT2D eigenvalue weighted by Gasteiger charge is -2.11. The summed E-state index contributed by atoms with van der Waals surface area (Å²) in [5, 5.41) is 6.61. The van der Waals surface area contributed by atoms with Gasteiger partial charge in [-0.15, -0.1) is 0 Å². The summed E-state index contributed by atoms with van der Waals surface area (Å²) in [5.41, 5.74) is 5.93. The number of fused-ring (bicyclic) bond motifs is 1. The van der Waals surface area contributed by atoms with Crippen LogP contribution in [0.5, 0.6) is 11.5 Å². The number of nitrogens with one attached hydrogen (secondary N) is 1. The van der Waals surface area contributed by atoms with Gasteiger partial charge in [-0.1, -0.05) is 71.8 Å². The Kier molecular flexibility index (Phi) is 8.18. The zero-order chi connectivity index (χ0) is 27.9. The molecule has 0 saturated carbocycles. The van der Waals surface area contributed by atoms with E-state index in [0.29, 0.717) is 39.8 Å². The van der Waals surface area contributed by atoms with Gasteiger partial charge in [0.1, 0.15) is 18.1 Å². The summed E-state index contributed by atoms with van der Waals surface area (Å²) < 4.78 is 11.5. The highest BCUT2D eigenvalue weighted by Crippen LogP contribution is 2.27. The van der Waals surface area contributed by atoms with E-state index < -0.39 is 5.97 Å². The van der Waals surface area contributed by atoms with E-state index in [4.69, 9.17) is 21.1 Å². The average molecular weight is 549 g/mol. The third-order valence-electron chi connectivity index (χ3n) is 6.18. The molecule has 1 N–H and O–H groups in total. The Hall–Kier alpha value is -4.94. The lowest BCUT2D eigenvalue weighted by molar-refractivity contribution is 0.0734. The summed E-state index contributed by atoms with van der Waals surface area (Å²) in [5.74, 6) is 0.103. The number of nitrogens with zero attached hydrogens (tertiary/aromatic N) is 1. The van der Waals surface area contributed by atoms with Gasteiger partial charge in [-0.3, -0.25) is 4.79 Å². The van der Waals surface area contributed by atoms with Gasteiger partial charge in [0.05, 0.1) is 11.8 Å². The summed E-state index contributed by atoms with van der Waals surface area (Å²) >= 11 is 5.92. The molecule has 198 valence electrons. The Morgan fingerprint density at radius 1 is 0.850 bits per heavy atom. The standard InChI is InChI=1S/C33H25ClN2O4/c1-22-5-4-7-26(19-22)33(38)40-31-18-13-24-6-2-3-8-29(24)30(31)20-35-36-32(37)25-11-16-28(17-12-25)39-21-23-9-14-27(34)15-10-23/h2-20H,21H2,1H3,(H,36,37)/b35-20+. The summed E-state index contributed by atoms with van der Waals surface area (Å²) in [6, 6.07) is 32.7. The van der Waals surface area contributed by atoms with Crippen molar-refractivity contribution in [2.75, 3.05) is 0 Å². The number of carbonyl (C=O) groups excluding carboxylic acids is 2. The van der Waals surface area contributed by atoms with Crippen molar-refractivity contribution >= 4 is 40.5 Å². The highest BCUT2D eigenvalue weighted by molar-refractivity contribution is 6.30. The number of carbonyl (C=O) groups is 2. The maximum Gasteiger partial charge on any atom is 0.343 e. The second kappa shape index (κ2) is 12.3. The van der Waals surface area contributed by atoms with Gasteiger partial charge in [0.25, 0.3) is 5.91 Å². The zero-order valence-electron chi connectivity index (χ0n) is 21.6. The minimum atomic E-state index is -0.476. The maximum atomic E-state index is 12.8. The first kappa shape index (κ1) is 26.7. The monoisotopic (exact) mass is 548 g/mol. The Morgan fingerprint density at radius 2 is 1.62 bits per heavy atom. The molecule has 1 amide bonds. The molecule has 0 atom stereocenters. The molecule has 0 heterocycles. The zero-order valence-corrected chi connectivity index (χ0v) is 22.4. The van der Waals surface area contributed by atoms with Crippen molar-refractivity contribution in [2.24, 2.45) is 5.10 Å². The summed E-state index contributed by atoms with van der Waals surface area (Å²) in [6.45, 7) is 2.30. The van der Waals surface area contributed by atoms with E-state index in [2.05, 4.69) is 10.5 Å². The summed E-state index contributed by atoms with van der Waals surface area (Å²) in [4.78, 5) is 25.6. The van der Waals surface area contributed by atoms with Crippen molar-refractivity contribution in [1.82, 2.24) is 5.43 Å². The van der Waals surface area contributed by atoms with E-state index in [0.717, 1.165) is 21.9 Å². The van der Waals surface area contributed by atoms with Crippen LogP contribution in [-0.4, -0.2) is 18.1 Å². The predicted molar refractivity (Wildman–Crippen MR) is 157 cm³/mol. The number of benzene rings is 5. The average Bonchev–Trinajstić information content (AvgIpc) is 2.98. The van der Waals surface area contributed by atoms with Crippen LogP contribution in [0, 0.1) is 6.92 Å². The molecule has 0 radical (unpaired) electrons. The van der Waals surface area contributed by atoms with Crippen LogP contribution < -0.4 is 14.9 Å². The van der Waals surface area contributed by atoms with E-state index in [-0.39, 0.29) is 5.91 Å². The van der Waals surface area contributed by atoms with E-state index in [1.165, 1.54) is 6.21 Å². The van der Waals surface area contributed by atoms with Crippen LogP contribution in [0.3, 0.4) is 0 Å². The highest BCUT2D eigenvalue weighted by Gasteiger charge is 2.14. The highest BCUT2D eigenvalue weighted by atomic mass is 35.5. The summed E-state index contributed by atoms with van der Waals surface area (Å²) in [6.07, 6.45) is 1.49. The first-order valence-electron chi connectivity index (χ1n) is 12.6. The molecular formula is C33H25ClN2O4. The van der Waals surface area contributed by atoms with Gasteiger partial charge < -0.3 is 9.47 Å². The van der Waals surface area contributed by atoms with Crippen molar-refractivity contribution in [1.29, 1.82) is 0 Å². The van der Waals surface area contributed by atoms with E-state index >= 15 is 0 Å². The fraction of sp³-hybridized carbons (Fsp3) is 0.0606. The Bertz CT molecular complexity index is 1700. The molecule has 0 bridgehead atoms. The predicted octanol–water partition coefficient (Wildman–Crippen LogP) is 7.36. The van der Waals surface area contributed by atoms with Crippen molar-refractivity contribution in [3.8, 4) is 11.5 Å². The lowest BCUT2D eigenvalue weighted by Crippen LogP contribution is -2.17. The SMILES string of the molecule is Cc1cccc(C(=O)Oc2ccc3ccccc3c2/C=N/NC(=O)c2ccc(OCc3ccc(Cl)cc3)cc2)c1. The lowest BCUT2D eigenvalue weighted by atomic mass is 10.0. The Morgan fingerprint density at radius 3 is 2.40 bits per heavy atom. The number of hydrogen-bond donors (Lipinski definition) is 1. The Balaban J connectivity index is 1.28. The van der Waals surface area contributed by atoms with Gasteiger partial charge in [-0.05, 0) is 77.9 Å². The van der Waals surface area contributed by atoms with Crippen molar-refractivity contribution in [3.05, 3.63) is 142 Å². The Labute approximate surface area is 236 Å². The molecule has 5 rings (SSSR count). The number of hydrazone groups is 1. The maximum absolute atomic E-state index is 12.8. The molecule has 0 aliphatic heterocycles. The number of aryl methyl sites for hydroxylation is 1. The van der Waals surface area contributed by atoms with Crippen molar-refractivity contribution < 1.29 is 19.1 Å². The molecule has 7 heteroatoms. The molecule has 0 aromatic heterocycles. The normalized spacial score (nSPS) is 10.9. The second-order valence-electron chi connectivity index (χ2n) is 9.10. The topological polar surface area (TPSA) is 77.0 Å². The fourth-order valence-corrected chi connectivity index (χ4v) is 4.22. The van der Waals surface area contributed by atoms with Crippen molar-refractivity contribution in [3.63, 3.8) is 0 Å². The van der Waals surface area contributed by atoms with Crippen LogP contribution in [0.25, 0.3) is 10.8 Å². The largest absolute Gasteiger partial charge is 0.489 e. The van der Waals surface area contributed by atoms with Crippen LogP contribution >= 0.6 is 11.6 Å². The number of rotatable bonds is 8. The van der Waals surface area contributed by atoms with Crippen molar-refractivity contribution in [2.45, 2.75) is 13.5 Å². The number of esters is 1. The molecule has 0 unspecified atom stereocenters. The fourth-order valence-electron chi connectivity index (χ4n) is 4.10. The van der Waals surface area contributed by atoms with Crippen LogP contribution in [0.2, 0.25) is 5.02 Å². The first-order chi connectivity index (χ1) is 19.5. The third kappa shape index (κ3) is 6.54. The van der Waals surface area contributed by atoms with Crippen LogP contribution in [0.15, 0.2) is 114 Å². The molecule has 5 aromatic rings. The van der Waals surface area contributed by atoms with E-state index in [9.17, 15) is 9.59 Å². The van der Waals surface area contributed by atoms with Crippen LogP contribution in [-0.2, 0) is 6.61 Å². The third-order valence-corrected chi connectivity index (χ3v) is 6.43. The molecule has 0 aliphatic rings. The molecule has 40 heavy (non-hydrogen) atoms. The van der Waals surface area contributed by atoms with Crippen LogP contribution in [0.4, 0.5) is 0 Å². The molecule has 0 saturated heterocycles. The van der Waals surface area contributed by atoms with Gasteiger partial charge >= 0.3 is 5.97 Å². The minimum absolute atomic E-state index is 0.338. The van der Waals surface area contributed by atoms with Gasteiger partial charge in [0, 0.05) is 16.1 Å². The first-order valence-corrected chi connectivity index (χ1v) is 13.0. The van der Waals surface area contributed by atoms with E-state index in [1.54, 1.807) is 42.5 Å².